The summed E-state index contributed by atoms with van der Waals surface area (Å²) in [6, 6.07) is 8.26. The molecule has 1 saturated carbocycles. The van der Waals surface area contributed by atoms with Gasteiger partial charge in [-0.2, -0.15) is 0 Å². The zero-order chi connectivity index (χ0) is 15.0. The van der Waals surface area contributed by atoms with Gasteiger partial charge in [-0.15, -0.1) is 5.10 Å². The van der Waals surface area contributed by atoms with Gasteiger partial charge in [0.2, 0.25) is 0 Å². The van der Waals surface area contributed by atoms with E-state index in [4.69, 9.17) is 5.73 Å². The highest BCUT2D eigenvalue weighted by atomic mass is 79.9. The van der Waals surface area contributed by atoms with Gasteiger partial charge in [-0.25, -0.2) is 9.89 Å². The molecule has 0 aliphatic heterocycles. The molecule has 1 aromatic heterocycles. The van der Waals surface area contributed by atoms with Crippen LogP contribution in [0.2, 0.25) is 0 Å². The molecule has 1 aliphatic rings. The van der Waals surface area contributed by atoms with Gasteiger partial charge >= 0.3 is 5.69 Å². The lowest BCUT2D eigenvalue weighted by molar-refractivity contribution is 0.636. The van der Waals surface area contributed by atoms with Crippen LogP contribution in [-0.2, 0) is 0 Å². The van der Waals surface area contributed by atoms with Gasteiger partial charge in [0.05, 0.1) is 5.25 Å². The molecule has 2 unspecified atom stereocenters. The number of nitrogens with zero attached hydrogens (tertiary/aromatic N) is 2. The lowest BCUT2D eigenvalue weighted by Crippen LogP contribution is -2.24. The molecule has 0 spiro atoms. The minimum Gasteiger partial charge on any atom is -0.327 e. The first-order chi connectivity index (χ1) is 10.1. The number of thioether (sulfide) groups is 1. The second kappa shape index (κ2) is 5.98. The van der Waals surface area contributed by atoms with Crippen LogP contribution in [0.25, 0.3) is 0 Å². The van der Waals surface area contributed by atoms with Crippen molar-refractivity contribution in [2.24, 2.45) is 5.73 Å². The molecule has 0 bridgehead atoms. The minimum atomic E-state index is -0.129. The van der Waals surface area contributed by atoms with Gasteiger partial charge in [-0.05, 0) is 31.4 Å². The Kier molecular flexibility index (Phi) is 4.24. The van der Waals surface area contributed by atoms with Gasteiger partial charge in [-0.3, -0.25) is 4.57 Å². The number of hydrogen-bond acceptors (Lipinski definition) is 4. The van der Waals surface area contributed by atoms with Crippen molar-refractivity contribution in [3.8, 4) is 0 Å². The van der Waals surface area contributed by atoms with Crippen molar-refractivity contribution in [2.75, 3.05) is 0 Å². The van der Waals surface area contributed by atoms with E-state index in [9.17, 15) is 4.79 Å². The van der Waals surface area contributed by atoms with Crippen LogP contribution in [0.5, 0.6) is 0 Å². The molecule has 3 rings (SSSR count). The summed E-state index contributed by atoms with van der Waals surface area (Å²) in [7, 11) is 0. The Balaban J connectivity index is 1.93. The van der Waals surface area contributed by atoms with Crippen LogP contribution in [-0.4, -0.2) is 20.8 Å². The van der Waals surface area contributed by atoms with Crippen molar-refractivity contribution in [2.45, 2.75) is 42.3 Å². The summed E-state index contributed by atoms with van der Waals surface area (Å²) in [6.07, 6.45) is 2.09. The molecule has 3 N–H and O–H groups in total. The molecule has 1 aliphatic carbocycles. The molecule has 0 saturated heterocycles. The van der Waals surface area contributed by atoms with Gasteiger partial charge in [0.15, 0.2) is 5.16 Å². The van der Waals surface area contributed by atoms with Crippen molar-refractivity contribution in [1.82, 2.24) is 14.8 Å². The first-order valence-corrected chi connectivity index (χ1v) is 8.58. The molecular weight excluding hydrogens is 352 g/mol. The maximum absolute atomic E-state index is 11.9. The van der Waals surface area contributed by atoms with Gasteiger partial charge in [-0.1, -0.05) is 45.9 Å². The Hall–Kier alpha value is -1.05. The van der Waals surface area contributed by atoms with Crippen LogP contribution in [0.3, 0.4) is 0 Å². The van der Waals surface area contributed by atoms with Crippen molar-refractivity contribution >= 4 is 27.7 Å². The van der Waals surface area contributed by atoms with Crippen molar-refractivity contribution < 1.29 is 0 Å². The average Bonchev–Trinajstić information content (AvgIpc) is 3.21. The Bertz CT molecular complexity index is 692. The van der Waals surface area contributed by atoms with Crippen LogP contribution < -0.4 is 11.4 Å². The predicted molar refractivity (Wildman–Crippen MR) is 87.5 cm³/mol. The number of aromatic amines is 1. The van der Waals surface area contributed by atoms with E-state index in [0.29, 0.717) is 6.04 Å². The molecule has 5 nitrogen and oxygen atoms in total. The lowest BCUT2D eigenvalue weighted by atomic mass is 10.1. The number of halogens is 1. The first-order valence-electron chi connectivity index (χ1n) is 6.91. The van der Waals surface area contributed by atoms with Crippen molar-refractivity contribution in [1.29, 1.82) is 0 Å². The maximum atomic E-state index is 11.9. The molecule has 2 atom stereocenters. The van der Waals surface area contributed by atoms with E-state index in [1.165, 1.54) is 0 Å². The summed E-state index contributed by atoms with van der Waals surface area (Å²) < 4.78 is 2.78. The quantitative estimate of drug-likeness (QED) is 0.795. The van der Waals surface area contributed by atoms with E-state index in [0.717, 1.165) is 28.0 Å². The smallest absolute Gasteiger partial charge is 0.327 e. The fourth-order valence-corrected chi connectivity index (χ4v) is 4.20. The average molecular weight is 369 g/mol. The first kappa shape index (κ1) is 14.9. The summed E-state index contributed by atoms with van der Waals surface area (Å²) in [6.45, 7) is 1.98. The molecule has 7 heteroatoms. The molecule has 1 heterocycles. The fraction of sp³-hybridized carbons (Fsp3) is 0.429. The topological polar surface area (TPSA) is 76.7 Å². The SMILES string of the molecule is CC(N)C(Sc1n[nH]c(=O)n1C1CC1)c1ccccc1Br. The third-order valence-electron chi connectivity index (χ3n) is 3.51. The maximum Gasteiger partial charge on any atom is 0.344 e. The van der Waals surface area contributed by atoms with E-state index in [-0.39, 0.29) is 17.0 Å². The number of nitrogens with one attached hydrogen (secondary N) is 1. The van der Waals surface area contributed by atoms with Gasteiger partial charge in [0.25, 0.3) is 0 Å². The lowest BCUT2D eigenvalue weighted by Gasteiger charge is -2.21. The van der Waals surface area contributed by atoms with E-state index in [1.807, 2.05) is 25.1 Å². The number of nitrogens with two attached hydrogens (primary N) is 1. The molecule has 2 aromatic rings. The summed E-state index contributed by atoms with van der Waals surface area (Å²) in [4.78, 5) is 11.9. The molecule has 0 radical (unpaired) electrons. The highest BCUT2D eigenvalue weighted by Crippen LogP contribution is 2.42. The molecule has 21 heavy (non-hydrogen) atoms. The second-order valence-electron chi connectivity index (χ2n) is 5.33. The predicted octanol–water partition coefficient (Wildman–Crippen LogP) is 2.85. The zero-order valence-electron chi connectivity index (χ0n) is 11.6. The number of H-pyrrole nitrogens is 1. The summed E-state index contributed by atoms with van der Waals surface area (Å²) >= 11 is 5.12. The number of benzene rings is 1. The molecule has 1 fully saturated rings. The normalized spacial score (nSPS) is 17.7. The van der Waals surface area contributed by atoms with Crippen LogP contribution in [0, 0.1) is 0 Å². The summed E-state index contributed by atoms with van der Waals surface area (Å²) in [5, 5.41) is 7.48. The highest BCUT2D eigenvalue weighted by Gasteiger charge is 2.31. The molecule has 112 valence electrons. The van der Waals surface area contributed by atoms with Gasteiger partial charge in [0, 0.05) is 16.6 Å². The minimum absolute atomic E-state index is 0.0354. The van der Waals surface area contributed by atoms with E-state index >= 15 is 0 Å². The standard InChI is InChI=1S/C14H17BrN4OS/c1-8(16)12(10-4-2-3-5-11(10)15)21-14-18-17-13(20)19(14)9-6-7-9/h2-5,8-9,12H,6-7,16H2,1H3,(H,17,20). The van der Waals surface area contributed by atoms with Crippen molar-refractivity contribution in [3.05, 3.63) is 44.8 Å². The van der Waals surface area contributed by atoms with Crippen LogP contribution >= 0.6 is 27.7 Å². The Morgan fingerprint density at radius 3 is 2.81 bits per heavy atom. The Labute approximate surface area is 135 Å². The molecule has 0 amide bonds. The molecule has 1 aromatic carbocycles. The highest BCUT2D eigenvalue weighted by molar-refractivity contribution is 9.10. The number of hydrogen-bond donors (Lipinski definition) is 2. The fourth-order valence-electron chi connectivity index (χ4n) is 2.30. The number of aromatic nitrogens is 3. The summed E-state index contributed by atoms with van der Waals surface area (Å²) in [5.74, 6) is 0. The van der Waals surface area contributed by atoms with Crippen molar-refractivity contribution in [3.63, 3.8) is 0 Å². The van der Waals surface area contributed by atoms with Crippen LogP contribution in [0.1, 0.15) is 36.6 Å². The van der Waals surface area contributed by atoms with Crippen LogP contribution in [0.15, 0.2) is 38.7 Å². The van der Waals surface area contributed by atoms with E-state index < -0.39 is 0 Å². The van der Waals surface area contributed by atoms with Crippen LogP contribution in [0.4, 0.5) is 0 Å². The molecular formula is C14H17BrN4OS. The van der Waals surface area contributed by atoms with Gasteiger partial charge < -0.3 is 5.73 Å². The van der Waals surface area contributed by atoms with E-state index in [2.05, 4.69) is 32.2 Å². The Morgan fingerprint density at radius 2 is 2.19 bits per heavy atom. The monoisotopic (exact) mass is 368 g/mol. The largest absolute Gasteiger partial charge is 0.344 e. The van der Waals surface area contributed by atoms with Gasteiger partial charge in [0.1, 0.15) is 0 Å². The zero-order valence-corrected chi connectivity index (χ0v) is 14.0. The van der Waals surface area contributed by atoms with E-state index in [1.54, 1.807) is 16.3 Å². The number of rotatable bonds is 5. The second-order valence-corrected chi connectivity index (χ2v) is 7.29. The third-order valence-corrected chi connectivity index (χ3v) is 5.66. The third kappa shape index (κ3) is 3.09. The summed E-state index contributed by atoms with van der Waals surface area (Å²) in [5.41, 5.74) is 7.16. The Morgan fingerprint density at radius 1 is 1.48 bits per heavy atom.